The number of phenols is 1. The van der Waals surface area contributed by atoms with Crippen molar-refractivity contribution >= 4 is 6.09 Å². The van der Waals surface area contributed by atoms with Crippen LogP contribution in [0.3, 0.4) is 0 Å². The third kappa shape index (κ3) is 4.12. The van der Waals surface area contributed by atoms with E-state index in [0.29, 0.717) is 31.0 Å². The van der Waals surface area contributed by atoms with Gasteiger partial charge in [-0.1, -0.05) is 20.8 Å². The molecular formula is C18H27NO5. The van der Waals surface area contributed by atoms with Crippen LogP contribution in [0.4, 0.5) is 4.79 Å². The molecule has 0 spiro atoms. The van der Waals surface area contributed by atoms with Crippen LogP contribution < -0.4 is 9.47 Å². The Morgan fingerprint density at radius 1 is 1.38 bits per heavy atom. The van der Waals surface area contributed by atoms with Crippen LogP contribution in [-0.4, -0.2) is 49.0 Å². The summed E-state index contributed by atoms with van der Waals surface area (Å²) in [5.74, 6) is 0.608. The summed E-state index contributed by atoms with van der Waals surface area (Å²) in [5.41, 5.74) is 0.397. The molecular weight excluding hydrogens is 310 g/mol. The highest BCUT2D eigenvalue weighted by Gasteiger charge is 2.30. The predicted octanol–water partition coefficient (Wildman–Crippen LogP) is 3.31. The van der Waals surface area contributed by atoms with Crippen LogP contribution in [0.25, 0.3) is 0 Å². The van der Waals surface area contributed by atoms with Gasteiger partial charge in [-0.05, 0) is 24.8 Å². The quantitative estimate of drug-likeness (QED) is 0.913. The Morgan fingerprint density at radius 3 is 2.67 bits per heavy atom. The van der Waals surface area contributed by atoms with Gasteiger partial charge in [-0.15, -0.1) is 0 Å². The van der Waals surface area contributed by atoms with Gasteiger partial charge in [-0.25, -0.2) is 4.79 Å². The van der Waals surface area contributed by atoms with Crippen molar-refractivity contribution in [2.24, 2.45) is 0 Å². The van der Waals surface area contributed by atoms with E-state index in [4.69, 9.17) is 14.2 Å². The van der Waals surface area contributed by atoms with Gasteiger partial charge in [0, 0.05) is 24.8 Å². The highest BCUT2D eigenvalue weighted by Crippen LogP contribution is 2.41. The van der Waals surface area contributed by atoms with Crippen molar-refractivity contribution in [3.8, 4) is 17.2 Å². The number of hydrogen-bond donors (Lipinski definition) is 1. The standard InChI is InChI=1S/C18H27NO5/c1-6-23-12-7-8-19(11-12)17(21)24-16-14(18(2,3)4)9-13(22-5)10-15(16)20/h9-10,12,20H,6-8,11H2,1-5H3. The molecule has 1 N–H and O–H groups in total. The summed E-state index contributed by atoms with van der Waals surface area (Å²) in [6.07, 6.45) is 0.376. The lowest BCUT2D eigenvalue weighted by molar-refractivity contribution is 0.0684. The molecule has 1 unspecified atom stereocenters. The second-order valence-electron chi connectivity index (χ2n) is 6.95. The molecule has 1 aromatic carbocycles. The first kappa shape index (κ1) is 18.4. The predicted molar refractivity (Wildman–Crippen MR) is 91.0 cm³/mol. The molecule has 0 aliphatic carbocycles. The monoisotopic (exact) mass is 337 g/mol. The second-order valence-corrected chi connectivity index (χ2v) is 6.95. The number of methoxy groups -OCH3 is 1. The van der Waals surface area contributed by atoms with Gasteiger partial charge in [0.05, 0.1) is 19.8 Å². The number of hydrogen-bond acceptors (Lipinski definition) is 5. The third-order valence-electron chi connectivity index (χ3n) is 4.08. The number of carbonyl (C=O) groups is 1. The molecule has 6 nitrogen and oxygen atoms in total. The number of carbonyl (C=O) groups excluding carboxylic acids is 1. The van der Waals surface area contributed by atoms with Crippen molar-refractivity contribution in [1.82, 2.24) is 4.90 Å². The minimum atomic E-state index is -0.469. The van der Waals surface area contributed by atoms with Gasteiger partial charge in [0.1, 0.15) is 5.75 Å². The molecule has 6 heteroatoms. The molecule has 0 bridgehead atoms. The van der Waals surface area contributed by atoms with Crippen LogP contribution in [0.5, 0.6) is 17.2 Å². The molecule has 1 aliphatic rings. The van der Waals surface area contributed by atoms with Crippen molar-refractivity contribution in [2.75, 3.05) is 26.8 Å². The van der Waals surface area contributed by atoms with Crippen LogP contribution in [0.1, 0.15) is 39.7 Å². The molecule has 1 saturated heterocycles. The minimum Gasteiger partial charge on any atom is -0.504 e. The molecule has 24 heavy (non-hydrogen) atoms. The Kier molecular flexibility index (Phi) is 5.59. The van der Waals surface area contributed by atoms with E-state index >= 15 is 0 Å². The Bertz CT molecular complexity index is 594. The number of rotatable bonds is 4. The van der Waals surface area contributed by atoms with Crippen LogP contribution in [0, 0.1) is 0 Å². The fourth-order valence-corrected chi connectivity index (χ4v) is 2.79. The first-order valence-corrected chi connectivity index (χ1v) is 8.26. The lowest BCUT2D eigenvalue weighted by atomic mass is 9.86. The molecule has 1 amide bonds. The minimum absolute atomic E-state index is 0.0501. The fourth-order valence-electron chi connectivity index (χ4n) is 2.79. The van der Waals surface area contributed by atoms with Crippen molar-refractivity contribution < 1.29 is 24.1 Å². The molecule has 134 valence electrons. The first-order chi connectivity index (χ1) is 11.3. The lowest BCUT2D eigenvalue weighted by Gasteiger charge is -2.25. The lowest BCUT2D eigenvalue weighted by Crippen LogP contribution is -2.33. The number of aromatic hydroxyl groups is 1. The van der Waals surface area contributed by atoms with Gasteiger partial charge in [0.15, 0.2) is 11.5 Å². The van der Waals surface area contributed by atoms with Crippen molar-refractivity contribution in [3.05, 3.63) is 17.7 Å². The zero-order valence-corrected chi connectivity index (χ0v) is 15.1. The van der Waals surface area contributed by atoms with Gasteiger partial charge < -0.3 is 24.2 Å². The SMILES string of the molecule is CCOC1CCN(C(=O)Oc2c(O)cc(OC)cc2C(C)(C)C)C1. The summed E-state index contributed by atoms with van der Waals surface area (Å²) >= 11 is 0. The normalized spacial score (nSPS) is 17.9. The largest absolute Gasteiger partial charge is 0.504 e. The third-order valence-corrected chi connectivity index (χ3v) is 4.08. The van der Waals surface area contributed by atoms with E-state index in [1.807, 2.05) is 27.7 Å². The average Bonchev–Trinajstić information content (AvgIpc) is 2.97. The molecule has 0 saturated carbocycles. The molecule has 0 radical (unpaired) electrons. The molecule has 1 heterocycles. The molecule has 0 aromatic heterocycles. The van der Waals surface area contributed by atoms with Crippen LogP contribution in [-0.2, 0) is 10.2 Å². The summed E-state index contributed by atoms with van der Waals surface area (Å²) in [7, 11) is 1.53. The maximum atomic E-state index is 12.5. The van der Waals surface area contributed by atoms with Crippen LogP contribution in [0.2, 0.25) is 0 Å². The zero-order valence-electron chi connectivity index (χ0n) is 15.1. The Balaban J connectivity index is 2.21. The van der Waals surface area contributed by atoms with Gasteiger partial charge in [-0.3, -0.25) is 0 Å². The highest BCUT2D eigenvalue weighted by atomic mass is 16.6. The van der Waals surface area contributed by atoms with Crippen LogP contribution in [0.15, 0.2) is 12.1 Å². The summed E-state index contributed by atoms with van der Waals surface area (Å²) in [6.45, 7) is 9.62. The summed E-state index contributed by atoms with van der Waals surface area (Å²) < 4.78 is 16.3. The van der Waals surface area contributed by atoms with Gasteiger partial charge >= 0.3 is 6.09 Å². The first-order valence-electron chi connectivity index (χ1n) is 8.26. The number of likely N-dealkylation sites (tertiary alicyclic amines) is 1. The van der Waals surface area contributed by atoms with Crippen molar-refractivity contribution in [1.29, 1.82) is 0 Å². The Hall–Kier alpha value is -1.95. The molecule has 1 fully saturated rings. The fraction of sp³-hybridized carbons (Fsp3) is 0.611. The molecule has 1 aromatic rings. The van der Waals surface area contributed by atoms with Crippen molar-refractivity contribution in [2.45, 2.75) is 45.6 Å². The van der Waals surface area contributed by atoms with Crippen LogP contribution >= 0.6 is 0 Å². The summed E-state index contributed by atoms with van der Waals surface area (Å²) in [5, 5.41) is 10.3. The molecule has 2 rings (SSSR count). The molecule has 1 aliphatic heterocycles. The number of ether oxygens (including phenoxy) is 3. The van der Waals surface area contributed by atoms with E-state index in [9.17, 15) is 9.90 Å². The van der Waals surface area contributed by atoms with E-state index in [-0.39, 0.29) is 23.0 Å². The maximum Gasteiger partial charge on any atom is 0.415 e. The van der Waals surface area contributed by atoms with Gasteiger partial charge in [0.25, 0.3) is 0 Å². The molecule has 1 atom stereocenters. The van der Waals surface area contributed by atoms with Gasteiger partial charge in [-0.2, -0.15) is 0 Å². The Morgan fingerprint density at radius 2 is 2.08 bits per heavy atom. The zero-order chi connectivity index (χ0) is 17.9. The highest BCUT2D eigenvalue weighted by molar-refractivity contribution is 5.73. The van der Waals surface area contributed by atoms with E-state index < -0.39 is 6.09 Å². The van der Waals surface area contributed by atoms with E-state index in [2.05, 4.69) is 0 Å². The smallest absolute Gasteiger partial charge is 0.415 e. The van der Waals surface area contributed by atoms with E-state index in [1.54, 1.807) is 11.0 Å². The number of phenolic OH excluding ortho intramolecular Hbond substituents is 1. The van der Waals surface area contributed by atoms with Gasteiger partial charge in [0.2, 0.25) is 0 Å². The van der Waals surface area contributed by atoms with E-state index in [1.165, 1.54) is 13.2 Å². The van der Waals surface area contributed by atoms with Crippen molar-refractivity contribution in [3.63, 3.8) is 0 Å². The summed E-state index contributed by atoms with van der Waals surface area (Å²) in [6, 6.07) is 3.24. The number of nitrogens with zero attached hydrogens (tertiary/aromatic N) is 1. The average molecular weight is 337 g/mol. The number of benzene rings is 1. The topological polar surface area (TPSA) is 68.2 Å². The number of amides is 1. The van der Waals surface area contributed by atoms with E-state index in [0.717, 1.165) is 6.42 Å². The Labute approximate surface area is 143 Å². The maximum absolute atomic E-state index is 12.5. The summed E-state index contributed by atoms with van der Waals surface area (Å²) in [4.78, 5) is 14.1. The second kappa shape index (κ2) is 7.30.